The van der Waals surface area contributed by atoms with Crippen LogP contribution in [0.4, 0.5) is 0 Å². The lowest BCUT2D eigenvalue weighted by Crippen LogP contribution is -2.04. The fraction of sp³-hybridized carbons (Fsp3) is 0.778. The highest BCUT2D eigenvalue weighted by Gasteiger charge is 2.10. The molecule has 0 aliphatic heterocycles. The van der Waals surface area contributed by atoms with Gasteiger partial charge in [0.15, 0.2) is 0 Å². The van der Waals surface area contributed by atoms with E-state index in [-0.39, 0.29) is 0 Å². The van der Waals surface area contributed by atoms with Gasteiger partial charge in [-0.05, 0) is 31.8 Å². The van der Waals surface area contributed by atoms with Crippen molar-refractivity contribution in [2.45, 2.75) is 33.1 Å². The largest absolute Gasteiger partial charge is 0.499 e. The molecule has 0 N–H and O–H groups in total. The number of hydrogen-bond acceptors (Lipinski definition) is 1. The number of ether oxygens (including phenoxy) is 1. The van der Waals surface area contributed by atoms with E-state index >= 15 is 0 Å². The summed E-state index contributed by atoms with van der Waals surface area (Å²) in [5.41, 5.74) is 0. The maximum absolute atomic E-state index is 5.41. The van der Waals surface area contributed by atoms with Crippen molar-refractivity contribution in [3.05, 3.63) is 11.8 Å². The van der Waals surface area contributed by atoms with Crippen molar-refractivity contribution in [3.8, 4) is 0 Å². The van der Waals surface area contributed by atoms with Gasteiger partial charge in [0, 0.05) is 6.42 Å². The monoisotopic (exact) mass is 140 g/mol. The van der Waals surface area contributed by atoms with E-state index in [1.54, 1.807) is 0 Å². The highest BCUT2D eigenvalue weighted by atomic mass is 16.5. The first-order valence-electron chi connectivity index (χ1n) is 4.14. The lowest BCUT2D eigenvalue weighted by atomic mass is 9.95. The first kappa shape index (κ1) is 7.64. The van der Waals surface area contributed by atoms with Crippen molar-refractivity contribution in [3.63, 3.8) is 0 Å². The summed E-state index contributed by atoms with van der Waals surface area (Å²) in [6, 6.07) is 0. The minimum atomic E-state index is 0.818. The molecule has 0 heterocycles. The van der Waals surface area contributed by atoms with Gasteiger partial charge >= 0.3 is 0 Å². The standard InChI is InChI=1S/C9H16O/c1-3-10-9-6-4-5-8(2)7-9/h6,8H,3-5,7H2,1-2H3/t8-/m1/s1. The number of allylic oxidation sites excluding steroid dienone is 2. The molecule has 0 amide bonds. The fourth-order valence-electron chi connectivity index (χ4n) is 1.36. The molecule has 1 atom stereocenters. The zero-order valence-electron chi connectivity index (χ0n) is 6.89. The molecular formula is C9H16O. The van der Waals surface area contributed by atoms with Crippen LogP contribution in [0.5, 0.6) is 0 Å². The van der Waals surface area contributed by atoms with Gasteiger partial charge in [-0.2, -0.15) is 0 Å². The van der Waals surface area contributed by atoms with E-state index in [1.165, 1.54) is 18.6 Å². The quantitative estimate of drug-likeness (QED) is 0.573. The lowest BCUT2D eigenvalue weighted by Gasteiger charge is -2.18. The third-order valence-corrected chi connectivity index (χ3v) is 1.91. The van der Waals surface area contributed by atoms with Gasteiger partial charge in [-0.3, -0.25) is 0 Å². The van der Waals surface area contributed by atoms with Gasteiger partial charge in [-0.1, -0.05) is 6.92 Å². The van der Waals surface area contributed by atoms with Gasteiger partial charge in [-0.25, -0.2) is 0 Å². The summed E-state index contributed by atoms with van der Waals surface area (Å²) in [6.07, 6.45) is 5.91. The first-order valence-corrected chi connectivity index (χ1v) is 4.14. The van der Waals surface area contributed by atoms with E-state index in [2.05, 4.69) is 13.0 Å². The third-order valence-electron chi connectivity index (χ3n) is 1.91. The normalized spacial score (nSPS) is 25.8. The number of hydrogen-bond donors (Lipinski definition) is 0. The Kier molecular flexibility index (Phi) is 2.79. The average molecular weight is 140 g/mol. The van der Waals surface area contributed by atoms with Crippen molar-refractivity contribution >= 4 is 0 Å². The van der Waals surface area contributed by atoms with Crippen LogP contribution in [0.25, 0.3) is 0 Å². The second kappa shape index (κ2) is 3.65. The summed E-state index contributed by atoms with van der Waals surface area (Å²) >= 11 is 0. The van der Waals surface area contributed by atoms with E-state index in [0.717, 1.165) is 18.9 Å². The van der Waals surface area contributed by atoms with Crippen LogP contribution in [0, 0.1) is 5.92 Å². The van der Waals surface area contributed by atoms with E-state index in [0.29, 0.717) is 0 Å². The van der Waals surface area contributed by atoms with Gasteiger partial charge in [0.2, 0.25) is 0 Å². The Morgan fingerprint density at radius 1 is 1.70 bits per heavy atom. The molecule has 0 unspecified atom stereocenters. The molecule has 1 nitrogen and oxygen atoms in total. The van der Waals surface area contributed by atoms with Crippen LogP contribution in [-0.2, 0) is 4.74 Å². The van der Waals surface area contributed by atoms with Crippen LogP contribution < -0.4 is 0 Å². The third kappa shape index (κ3) is 2.05. The van der Waals surface area contributed by atoms with E-state index in [1.807, 2.05) is 6.92 Å². The molecule has 1 aliphatic rings. The van der Waals surface area contributed by atoms with Gasteiger partial charge in [0.05, 0.1) is 12.4 Å². The molecule has 0 saturated carbocycles. The van der Waals surface area contributed by atoms with Gasteiger partial charge < -0.3 is 4.74 Å². The van der Waals surface area contributed by atoms with Crippen LogP contribution in [0.15, 0.2) is 11.8 Å². The molecule has 58 valence electrons. The van der Waals surface area contributed by atoms with Crippen LogP contribution in [0.2, 0.25) is 0 Å². The maximum Gasteiger partial charge on any atom is 0.0922 e. The predicted octanol–water partition coefficient (Wildman–Crippen LogP) is 2.73. The Balaban J connectivity index is 2.36. The van der Waals surface area contributed by atoms with E-state index < -0.39 is 0 Å². The Hall–Kier alpha value is -0.460. The Morgan fingerprint density at radius 2 is 2.50 bits per heavy atom. The van der Waals surface area contributed by atoms with E-state index in [4.69, 9.17) is 4.74 Å². The first-order chi connectivity index (χ1) is 4.83. The SMILES string of the molecule is CCOC1=CCC[C@@H](C)C1. The maximum atomic E-state index is 5.41. The van der Waals surface area contributed by atoms with Gasteiger partial charge in [-0.15, -0.1) is 0 Å². The fourth-order valence-corrected chi connectivity index (χ4v) is 1.36. The van der Waals surface area contributed by atoms with Crippen molar-refractivity contribution in [1.82, 2.24) is 0 Å². The smallest absolute Gasteiger partial charge is 0.0922 e. The average Bonchev–Trinajstić information content (AvgIpc) is 1.88. The summed E-state index contributed by atoms with van der Waals surface area (Å²) in [5.74, 6) is 2.04. The summed E-state index contributed by atoms with van der Waals surface area (Å²) in [7, 11) is 0. The Bertz CT molecular complexity index is 127. The van der Waals surface area contributed by atoms with Crippen LogP contribution >= 0.6 is 0 Å². The summed E-state index contributed by atoms with van der Waals surface area (Å²) in [6.45, 7) is 5.14. The summed E-state index contributed by atoms with van der Waals surface area (Å²) in [5, 5.41) is 0. The molecule has 0 saturated heterocycles. The van der Waals surface area contributed by atoms with Gasteiger partial charge in [0.1, 0.15) is 0 Å². The molecule has 0 bridgehead atoms. The molecular weight excluding hydrogens is 124 g/mol. The number of rotatable bonds is 2. The van der Waals surface area contributed by atoms with Crippen molar-refractivity contribution in [2.24, 2.45) is 5.92 Å². The zero-order chi connectivity index (χ0) is 7.40. The second-order valence-electron chi connectivity index (χ2n) is 2.99. The zero-order valence-corrected chi connectivity index (χ0v) is 6.89. The molecule has 1 heteroatoms. The predicted molar refractivity (Wildman–Crippen MR) is 42.7 cm³/mol. The minimum Gasteiger partial charge on any atom is -0.499 e. The molecule has 0 aromatic rings. The Labute approximate surface area is 63.1 Å². The van der Waals surface area contributed by atoms with Crippen LogP contribution in [0.1, 0.15) is 33.1 Å². The molecule has 0 radical (unpaired) electrons. The Morgan fingerprint density at radius 3 is 3.10 bits per heavy atom. The topological polar surface area (TPSA) is 9.23 Å². The minimum absolute atomic E-state index is 0.818. The second-order valence-corrected chi connectivity index (χ2v) is 2.99. The summed E-state index contributed by atoms with van der Waals surface area (Å²) < 4.78 is 5.41. The van der Waals surface area contributed by atoms with Crippen LogP contribution in [0.3, 0.4) is 0 Å². The van der Waals surface area contributed by atoms with Gasteiger partial charge in [0.25, 0.3) is 0 Å². The molecule has 10 heavy (non-hydrogen) atoms. The molecule has 0 aromatic heterocycles. The molecule has 1 aliphatic carbocycles. The molecule has 0 aromatic carbocycles. The highest BCUT2D eigenvalue weighted by Crippen LogP contribution is 2.23. The molecule has 1 rings (SSSR count). The molecule has 0 fully saturated rings. The van der Waals surface area contributed by atoms with Crippen molar-refractivity contribution in [2.75, 3.05) is 6.61 Å². The molecule has 0 spiro atoms. The van der Waals surface area contributed by atoms with Crippen LogP contribution in [-0.4, -0.2) is 6.61 Å². The lowest BCUT2D eigenvalue weighted by molar-refractivity contribution is 0.198. The van der Waals surface area contributed by atoms with E-state index in [9.17, 15) is 0 Å². The van der Waals surface area contributed by atoms with Crippen molar-refractivity contribution < 1.29 is 4.74 Å². The highest BCUT2D eigenvalue weighted by molar-refractivity contribution is 4.98. The van der Waals surface area contributed by atoms with Crippen molar-refractivity contribution in [1.29, 1.82) is 0 Å². The summed E-state index contributed by atoms with van der Waals surface area (Å²) in [4.78, 5) is 0.